The van der Waals surface area contributed by atoms with E-state index >= 15 is 0 Å². The Balaban J connectivity index is 1.42. The first kappa shape index (κ1) is 19.0. The van der Waals surface area contributed by atoms with Gasteiger partial charge in [0.1, 0.15) is 5.03 Å². The average Bonchev–Trinajstić information content (AvgIpc) is 2.99. The van der Waals surface area contributed by atoms with Crippen molar-refractivity contribution in [3.63, 3.8) is 0 Å². The van der Waals surface area contributed by atoms with Crippen molar-refractivity contribution in [2.24, 2.45) is 0 Å². The van der Waals surface area contributed by atoms with Crippen LogP contribution in [0.15, 0.2) is 47.6 Å². The molecule has 0 spiro atoms. The molecular formula is C22H25N3O2S. The van der Waals surface area contributed by atoms with Crippen LogP contribution >= 0.6 is 11.8 Å². The van der Waals surface area contributed by atoms with Gasteiger partial charge in [0.2, 0.25) is 5.91 Å². The van der Waals surface area contributed by atoms with E-state index < -0.39 is 0 Å². The molecule has 5 nitrogen and oxygen atoms in total. The Kier molecular flexibility index (Phi) is 5.95. The minimum atomic E-state index is -0.00144. The molecular weight excluding hydrogens is 370 g/mol. The van der Waals surface area contributed by atoms with Gasteiger partial charge in [-0.25, -0.2) is 4.98 Å². The lowest BCUT2D eigenvalue weighted by Gasteiger charge is -2.28. The number of amides is 2. The summed E-state index contributed by atoms with van der Waals surface area (Å²) in [7, 11) is 0. The van der Waals surface area contributed by atoms with Crippen LogP contribution in [0.5, 0.6) is 0 Å². The maximum Gasteiger partial charge on any atom is 0.251 e. The fraction of sp³-hybridized carbons (Fsp3) is 0.409. The summed E-state index contributed by atoms with van der Waals surface area (Å²) < 4.78 is 0. The Morgan fingerprint density at radius 3 is 2.61 bits per heavy atom. The van der Waals surface area contributed by atoms with Crippen molar-refractivity contribution in [2.45, 2.75) is 56.1 Å². The van der Waals surface area contributed by atoms with Gasteiger partial charge in [-0.3, -0.25) is 9.59 Å². The number of hydrogen-bond acceptors (Lipinski definition) is 4. The Bertz CT molecular complexity index is 845. The van der Waals surface area contributed by atoms with Crippen LogP contribution in [0.2, 0.25) is 0 Å². The third kappa shape index (κ3) is 4.38. The number of hydrogen-bond donors (Lipinski definition) is 1. The second-order valence-electron chi connectivity index (χ2n) is 7.46. The number of carbonyl (C=O) groups is 2. The van der Waals surface area contributed by atoms with Crippen LogP contribution in [0.3, 0.4) is 0 Å². The first-order valence-corrected chi connectivity index (χ1v) is 11.0. The molecule has 2 aliphatic rings. The first-order valence-electron chi connectivity index (χ1n) is 9.99. The van der Waals surface area contributed by atoms with Gasteiger partial charge < -0.3 is 10.2 Å². The van der Waals surface area contributed by atoms with Gasteiger partial charge in [-0.2, -0.15) is 0 Å². The molecule has 28 heavy (non-hydrogen) atoms. The highest BCUT2D eigenvalue weighted by atomic mass is 32.2. The predicted molar refractivity (Wildman–Crippen MR) is 112 cm³/mol. The molecule has 1 aliphatic carbocycles. The number of rotatable bonds is 4. The summed E-state index contributed by atoms with van der Waals surface area (Å²) in [5.41, 5.74) is 2.54. The van der Waals surface area contributed by atoms with Gasteiger partial charge in [-0.05, 0) is 42.7 Å². The fourth-order valence-electron chi connectivity index (χ4n) is 3.85. The van der Waals surface area contributed by atoms with E-state index in [1.165, 1.54) is 37.4 Å². The summed E-state index contributed by atoms with van der Waals surface area (Å²) >= 11 is 1.48. The highest BCUT2D eigenvalue weighted by molar-refractivity contribution is 8.00. The molecule has 2 aromatic rings. The molecule has 1 aromatic carbocycles. The number of anilines is 1. The Morgan fingerprint density at radius 1 is 1.11 bits per heavy atom. The zero-order valence-electron chi connectivity index (χ0n) is 15.9. The van der Waals surface area contributed by atoms with Crippen molar-refractivity contribution < 1.29 is 9.59 Å². The summed E-state index contributed by atoms with van der Waals surface area (Å²) in [6.45, 7) is 0.489. The third-order valence-electron chi connectivity index (χ3n) is 5.42. The zero-order chi connectivity index (χ0) is 19.3. The van der Waals surface area contributed by atoms with Crippen LogP contribution in [0.1, 0.15) is 54.4 Å². The van der Waals surface area contributed by atoms with E-state index in [0.717, 1.165) is 29.1 Å². The van der Waals surface area contributed by atoms with E-state index in [4.69, 9.17) is 0 Å². The predicted octanol–water partition coefficient (Wildman–Crippen LogP) is 4.17. The van der Waals surface area contributed by atoms with Crippen molar-refractivity contribution in [1.29, 1.82) is 0 Å². The highest BCUT2D eigenvalue weighted by Crippen LogP contribution is 2.34. The zero-order valence-corrected chi connectivity index (χ0v) is 16.7. The Hall–Kier alpha value is -2.34. The number of pyridine rings is 1. The third-order valence-corrected chi connectivity index (χ3v) is 6.40. The maximum atomic E-state index is 12.6. The molecule has 1 aliphatic heterocycles. The van der Waals surface area contributed by atoms with Gasteiger partial charge in [0.25, 0.3) is 5.91 Å². The Morgan fingerprint density at radius 2 is 1.86 bits per heavy atom. The molecule has 2 heterocycles. The number of fused-ring (bicyclic) bond motifs is 1. The second kappa shape index (κ2) is 8.78. The summed E-state index contributed by atoms with van der Waals surface area (Å²) in [6.07, 6.45) is 8.84. The van der Waals surface area contributed by atoms with Crippen molar-refractivity contribution in [3.05, 3.63) is 53.7 Å². The van der Waals surface area contributed by atoms with Crippen LogP contribution in [-0.2, 0) is 11.3 Å². The van der Waals surface area contributed by atoms with Gasteiger partial charge in [0, 0.05) is 17.8 Å². The molecule has 0 saturated heterocycles. The molecule has 1 N–H and O–H groups in total. The topological polar surface area (TPSA) is 62.3 Å². The number of thioether (sulfide) groups is 1. The van der Waals surface area contributed by atoms with Crippen molar-refractivity contribution in [2.75, 3.05) is 10.7 Å². The molecule has 0 radical (unpaired) electrons. The monoisotopic (exact) mass is 395 g/mol. The smallest absolute Gasteiger partial charge is 0.251 e. The largest absolute Gasteiger partial charge is 0.349 e. The summed E-state index contributed by atoms with van der Waals surface area (Å²) in [5.74, 6) is 0.491. The summed E-state index contributed by atoms with van der Waals surface area (Å²) in [5, 5.41) is 4.07. The molecule has 0 bridgehead atoms. The SMILES string of the molecule is O=C(NC1CCCCCC1)c1ccc(CN2C(=O)CSc3ncccc32)cc1. The van der Waals surface area contributed by atoms with Gasteiger partial charge in [-0.15, -0.1) is 0 Å². The molecule has 1 aromatic heterocycles. The lowest BCUT2D eigenvalue weighted by atomic mass is 10.1. The summed E-state index contributed by atoms with van der Waals surface area (Å²) in [6, 6.07) is 11.7. The molecule has 146 valence electrons. The highest BCUT2D eigenvalue weighted by Gasteiger charge is 2.25. The standard InChI is InChI=1S/C22H25N3O2S/c26-20-15-28-22-19(8-5-13-23-22)25(20)14-16-9-11-17(12-10-16)21(27)24-18-6-3-1-2-4-7-18/h5,8-13,18H,1-4,6-7,14-15H2,(H,24,27). The second-order valence-corrected chi connectivity index (χ2v) is 8.42. The van der Waals surface area contributed by atoms with Crippen molar-refractivity contribution in [3.8, 4) is 0 Å². The van der Waals surface area contributed by atoms with Crippen LogP contribution in [0, 0.1) is 0 Å². The minimum absolute atomic E-state index is 0.00144. The minimum Gasteiger partial charge on any atom is -0.349 e. The molecule has 0 unspecified atom stereocenters. The lowest BCUT2D eigenvalue weighted by Crippen LogP contribution is -2.35. The fourth-order valence-corrected chi connectivity index (χ4v) is 4.73. The molecule has 6 heteroatoms. The van der Waals surface area contributed by atoms with Crippen molar-refractivity contribution >= 4 is 29.3 Å². The van der Waals surface area contributed by atoms with Crippen LogP contribution in [0.25, 0.3) is 0 Å². The summed E-state index contributed by atoms with van der Waals surface area (Å²) in [4.78, 5) is 31.1. The van der Waals surface area contributed by atoms with Gasteiger partial charge in [0.05, 0.1) is 18.0 Å². The molecule has 4 rings (SSSR count). The number of benzene rings is 1. The maximum absolute atomic E-state index is 12.6. The van der Waals surface area contributed by atoms with Gasteiger partial charge in [-0.1, -0.05) is 49.6 Å². The number of carbonyl (C=O) groups excluding carboxylic acids is 2. The molecule has 1 saturated carbocycles. The Labute approximate surface area is 169 Å². The number of aromatic nitrogens is 1. The van der Waals surface area contributed by atoms with E-state index in [-0.39, 0.29) is 11.8 Å². The van der Waals surface area contributed by atoms with E-state index in [1.807, 2.05) is 36.4 Å². The van der Waals surface area contributed by atoms with E-state index in [2.05, 4.69) is 10.3 Å². The molecule has 2 amide bonds. The van der Waals surface area contributed by atoms with Crippen LogP contribution < -0.4 is 10.2 Å². The first-order chi connectivity index (χ1) is 13.7. The van der Waals surface area contributed by atoms with Crippen LogP contribution in [-0.4, -0.2) is 28.6 Å². The van der Waals surface area contributed by atoms with Gasteiger partial charge in [0.15, 0.2) is 0 Å². The lowest BCUT2D eigenvalue weighted by molar-refractivity contribution is -0.116. The number of nitrogens with zero attached hydrogens (tertiary/aromatic N) is 2. The average molecular weight is 396 g/mol. The molecule has 1 fully saturated rings. The molecule has 0 atom stereocenters. The number of nitrogens with one attached hydrogen (secondary N) is 1. The quantitative estimate of drug-likeness (QED) is 0.789. The van der Waals surface area contributed by atoms with E-state index in [0.29, 0.717) is 23.9 Å². The van der Waals surface area contributed by atoms with Gasteiger partial charge >= 0.3 is 0 Å². The van der Waals surface area contributed by atoms with E-state index in [1.54, 1.807) is 11.1 Å². The van der Waals surface area contributed by atoms with Crippen LogP contribution in [0.4, 0.5) is 5.69 Å². The van der Waals surface area contributed by atoms with Crippen molar-refractivity contribution in [1.82, 2.24) is 10.3 Å². The normalized spacial score (nSPS) is 17.7. The van der Waals surface area contributed by atoms with E-state index in [9.17, 15) is 9.59 Å².